The molecule has 2 rings (SSSR count). The number of allylic oxidation sites excluding steroid dienone is 1. The molecule has 7 nitrogen and oxygen atoms in total. The molecule has 0 aliphatic heterocycles. The van der Waals surface area contributed by atoms with E-state index in [4.69, 9.17) is 25.5 Å². The summed E-state index contributed by atoms with van der Waals surface area (Å²) in [5.41, 5.74) is 1.75. The fraction of sp³-hybridized carbons (Fsp3) is 0.238. The van der Waals surface area contributed by atoms with Gasteiger partial charge in [0.1, 0.15) is 24.4 Å². The fourth-order valence-corrected chi connectivity index (χ4v) is 2.05. The van der Waals surface area contributed by atoms with E-state index in [0.717, 1.165) is 11.1 Å². The van der Waals surface area contributed by atoms with E-state index in [1.165, 1.54) is 0 Å². The van der Waals surface area contributed by atoms with Gasteiger partial charge < -0.3 is 30.3 Å². The van der Waals surface area contributed by atoms with Gasteiger partial charge in [-0.15, -0.1) is 0 Å². The van der Waals surface area contributed by atoms with Crippen molar-refractivity contribution in [2.45, 2.75) is 24.4 Å². The highest BCUT2D eigenvalue weighted by Gasteiger charge is 2.29. The Morgan fingerprint density at radius 3 is 1.89 bits per heavy atom. The Bertz CT molecular complexity index is 731. The minimum atomic E-state index is -1.79. The smallest absolute Gasteiger partial charge is 0.185 e. The van der Waals surface area contributed by atoms with E-state index >= 15 is 0 Å². The number of aliphatic hydroxyl groups excluding tert-OH is 5. The highest BCUT2D eigenvalue weighted by atomic mass is 16.4. The standard InChI is InChI=1S/C15H12O.C6H12O6/c16-15(14-9-5-2-6-10-14)12-11-13-7-3-1-4-8-13;7-1-3(9)5(11)6(12)4(10)2-8/h1-12H;1,3-6,8-12H,2H2/t;3-,4+,5+,6+/m.0/s1. The molecule has 0 aliphatic rings. The molecule has 0 saturated carbocycles. The van der Waals surface area contributed by atoms with Gasteiger partial charge in [0.2, 0.25) is 0 Å². The van der Waals surface area contributed by atoms with Crippen LogP contribution in [0, 0.1) is 0 Å². The van der Waals surface area contributed by atoms with Gasteiger partial charge in [-0.3, -0.25) is 4.79 Å². The zero-order chi connectivity index (χ0) is 20.9. The van der Waals surface area contributed by atoms with Crippen LogP contribution in [0.4, 0.5) is 0 Å². The SMILES string of the molecule is O=C(C=Cc1ccccc1)c1ccccc1.O=C[C@H](O)[C@@H](O)[C@H](O)[C@H](O)CO. The highest BCUT2D eigenvalue weighted by molar-refractivity contribution is 6.06. The van der Waals surface area contributed by atoms with E-state index in [2.05, 4.69) is 0 Å². The predicted octanol–water partition coefficient (Wildman–Crippen LogP) is 0.204. The Morgan fingerprint density at radius 1 is 0.857 bits per heavy atom. The van der Waals surface area contributed by atoms with Gasteiger partial charge in [0.15, 0.2) is 12.1 Å². The number of ketones is 1. The van der Waals surface area contributed by atoms with Gasteiger partial charge in [0.25, 0.3) is 0 Å². The number of aldehydes is 1. The molecular formula is C21H24O7. The Hall–Kier alpha value is -2.68. The maximum Gasteiger partial charge on any atom is 0.185 e. The molecule has 0 heterocycles. The molecule has 2 aromatic rings. The van der Waals surface area contributed by atoms with Crippen LogP contribution in [0.3, 0.4) is 0 Å². The van der Waals surface area contributed by atoms with Crippen LogP contribution >= 0.6 is 0 Å². The third kappa shape index (κ3) is 7.91. The normalized spacial score (nSPS) is 15.0. The first-order chi connectivity index (χ1) is 13.4. The van der Waals surface area contributed by atoms with Crippen LogP contribution in [0.2, 0.25) is 0 Å². The Labute approximate surface area is 162 Å². The molecule has 5 N–H and O–H groups in total. The summed E-state index contributed by atoms with van der Waals surface area (Å²) >= 11 is 0. The van der Waals surface area contributed by atoms with Gasteiger partial charge >= 0.3 is 0 Å². The van der Waals surface area contributed by atoms with Crippen molar-refractivity contribution >= 4 is 18.1 Å². The molecule has 0 saturated heterocycles. The van der Waals surface area contributed by atoms with Gasteiger partial charge in [0, 0.05) is 5.56 Å². The number of rotatable bonds is 8. The van der Waals surface area contributed by atoms with Gasteiger partial charge in [-0.25, -0.2) is 0 Å². The fourth-order valence-electron chi connectivity index (χ4n) is 2.05. The summed E-state index contributed by atoms with van der Waals surface area (Å²) in [5, 5.41) is 43.5. The molecule has 2 aromatic carbocycles. The van der Waals surface area contributed by atoms with Crippen molar-refractivity contribution in [3.8, 4) is 0 Å². The summed E-state index contributed by atoms with van der Waals surface area (Å²) in [6, 6.07) is 19.1. The van der Waals surface area contributed by atoms with Crippen molar-refractivity contribution in [2.75, 3.05) is 6.61 Å². The molecule has 0 bridgehead atoms. The van der Waals surface area contributed by atoms with E-state index in [9.17, 15) is 9.59 Å². The molecule has 0 spiro atoms. The average Bonchev–Trinajstić information content (AvgIpc) is 2.77. The molecule has 0 fully saturated rings. The molecule has 0 radical (unpaired) electrons. The molecule has 0 unspecified atom stereocenters. The molecule has 0 aliphatic carbocycles. The highest BCUT2D eigenvalue weighted by Crippen LogP contribution is 2.05. The van der Waals surface area contributed by atoms with E-state index in [0.29, 0.717) is 0 Å². The third-order valence-electron chi connectivity index (χ3n) is 3.71. The minimum Gasteiger partial charge on any atom is -0.394 e. The number of hydrogen-bond donors (Lipinski definition) is 5. The second kappa shape index (κ2) is 12.7. The lowest BCUT2D eigenvalue weighted by Crippen LogP contribution is -2.46. The first-order valence-electron chi connectivity index (χ1n) is 8.51. The Morgan fingerprint density at radius 2 is 1.39 bits per heavy atom. The van der Waals surface area contributed by atoms with Crippen molar-refractivity contribution in [3.63, 3.8) is 0 Å². The van der Waals surface area contributed by atoms with Gasteiger partial charge in [-0.2, -0.15) is 0 Å². The van der Waals surface area contributed by atoms with Crippen molar-refractivity contribution in [1.82, 2.24) is 0 Å². The number of benzene rings is 2. The van der Waals surface area contributed by atoms with E-state index < -0.39 is 31.0 Å². The zero-order valence-corrected chi connectivity index (χ0v) is 15.1. The van der Waals surface area contributed by atoms with Crippen LogP contribution < -0.4 is 0 Å². The predicted molar refractivity (Wildman–Crippen MR) is 103 cm³/mol. The number of carbonyl (C=O) groups excluding carboxylic acids is 2. The lowest BCUT2D eigenvalue weighted by atomic mass is 10.0. The summed E-state index contributed by atoms with van der Waals surface area (Å²) in [5.74, 6) is 0.0319. The summed E-state index contributed by atoms with van der Waals surface area (Å²) in [4.78, 5) is 21.6. The summed E-state index contributed by atoms with van der Waals surface area (Å²) < 4.78 is 0. The van der Waals surface area contributed by atoms with Crippen LogP contribution in [0.1, 0.15) is 15.9 Å². The maximum absolute atomic E-state index is 11.7. The second-order valence-electron chi connectivity index (χ2n) is 5.83. The molecule has 0 amide bonds. The van der Waals surface area contributed by atoms with Crippen LogP contribution in [0.25, 0.3) is 6.08 Å². The summed E-state index contributed by atoms with van der Waals surface area (Å²) in [6.45, 7) is -0.760. The number of aliphatic hydroxyl groups is 5. The largest absolute Gasteiger partial charge is 0.394 e. The Kier molecular flexibility index (Phi) is 10.6. The molecule has 4 atom stereocenters. The lowest BCUT2D eigenvalue weighted by molar-refractivity contribution is -0.136. The minimum absolute atomic E-state index is 0.0258. The quantitative estimate of drug-likeness (QED) is 0.248. The van der Waals surface area contributed by atoms with E-state index in [-0.39, 0.29) is 12.1 Å². The second-order valence-corrected chi connectivity index (χ2v) is 5.83. The van der Waals surface area contributed by atoms with Crippen molar-refractivity contribution in [1.29, 1.82) is 0 Å². The van der Waals surface area contributed by atoms with Crippen molar-refractivity contribution in [2.24, 2.45) is 0 Å². The number of carbonyl (C=O) groups is 2. The molecule has 28 heavy (non-hydrogen) atoms. The zero-order valence-electron chi connectivity index (χ0n) is 15.1. The lowest BCUT2D eigenvalue weighted by Gasteiger charge is -2.22. The average molecular weight is 388 g/mol. The first-order valence-corrected chi connectivity index (χ1v) is 8.51. The first kappa shape index (κ1) is 23.4. The van der Waals surface area contributed by atoms with E-state index in [1.807, 2.05) is 66.7 Å². The summed E-state index contributed by atoms with van der Waals surface area (Å²) in [6.07, 6.45) is -3.41. The summed E-state index contributed by atoms with van der Waals surface area (Å²) in [7, 11) is 0. The maximum atomic E-state index is 11.7. The van der Waals surface area contributed by atoms with Crippen LogP contribution in [0.15, 0.2) is 66.7 Å². The van der Waals surface area contributed by atoms with Crippen LogP contribution in [0.5, 0.6) is 0 Å². The topological polar surface area (TPSA) is 135 Å². The monoisotopic (exact) mass is 388 g/mol. The van der Waals surface area contributed by atoms with Crippen LogP contribution in [-0.2, 0) is 4.79 Å². The van der Waals surface area contributed by atoms with Gasteiger partial charge in [-0.1, -0.05) is 66.7 Å². The molecule has 0 aromatic heterocycles. The van der Waals surface area contributed by atoms with Crippen LogP contribution in [-0.4, -0.2) is 68.6 Å². The molecule has 150 valence electrons. The van der Waals surface area contributed by atoms with Gasteiger partial charge in [-0.05, 0) is 11.6 Å². The molecule has 7 heteroatoms. The third-order valence-corrected chi connectivity index (χ3v) is 3.71. The molecular weight excluding hydrogens is 364 g/mol. The number of hydrogen-bond acceptors (Lipinski definition) is 7. The van der Waals surface area contributed by atoms with Gasteiger partial charge in [0.05, 0.1) is 6.61 Å². The van der Waals surface area contributed by atoms with Crippen molar-refractivity contribution in [3.05, 3.63) is 77.9 Å². The van der Waals surface area contributed by atoms with E-state index in [1.54, 1.807) is 6.08 Å². The van der Waals surface area contributed by atoms with Crippen molar-refractivity contribution < 1.29 is 35.1 Å². The Balaban J connectivity index is 0.000000295.